The van der Waals surface area contributed by atoms with E-state index in [4.69, 9.17) is 10.5 Å². The van der Waals surface area contributed by atoms with Gasteiger partial charge in [0, 0.05) is 6.54 Å². The molecule has 0 fully saturated rings. The number of esters is 1. The molecule has 2 N–H and O–H groups in total. The van der Waals surface area contributed by atoms with Gasteiger partial charge in [0.05, 0.1) is 13.0 Å². The first-order chi connectivity index (χ1) is 7.51. The lowest BCUT2D eigenvalue weighted by molar-refractivity contribution is -0.142. The molecule has 0 spiro atoms. The van der Waals surface area contributed by atoms with Crippen molar-refractivity contribution in [3.8, 4) is 0 Å². The Morgan fingerprint density at radius 1 is 1.25 bits per heavy atom. The third-order valence-corrected chi connectivity index (χ3v) is 2.98. The Kier molecular flexibility index (Phi) is 4.07. The Balaban J connectivity index is 3.20. The number of hydrogen-bond donors (Lipinski definition) is 1. The maximum absolute atomic E-state index is 11.6. The zero-order chi connectivity index (χ0) is 12.3. The molecule has 1 atom stereocenters. The van der Waals surface area contributed by atoms with Crippen LogP contribution in [-0.4, -0.2) is 19.6 Å². The predicted octanol–water partition coefficient (Wildman–Crippen LogP) is 1.83. The molecule has 0 aliphatic carbocycles. The largest absolute Gasteiger partial charge is 0.469 e. The maximum Gasteiger partial charge on any atom is 0.314 e. The molecule has 0 saturated heterocycles. The lowest BCUT2D eigenvalue weighted by Crippen LogP contribution is -2.23. The van der Waals surface area contributed by atoms with Crippen LogP contribution >= 0.6 is 0 Å². The average Bonchev–Trinajstić information content (AvgIpc) is 2.26. The van der Waals surface area contributed by atoms with Gasteiger partial charge in [-0.05, 0) is 43.0 Å². The highest BCUT2D eigenvalue weighted by atomic mass is 16.5. The third kappa shape index (κ3) is 2.42. The normalized spacial score (nSPS) is 12.3. The summed E-state index contributed by atoms with van der Waals surface area (Å²) in [6, 6.07) is 4.11. The number of aryl methyl sites for hydroxylation is 3. The summed E-state index contributed by atoms with van der Waals surface area (Å²) in [4.78, 5) is 11.6. The van der Waals surface area contributed by atoms with E-state index in [2.05, 4.69) is 13.0 Å². The third-order valence-electron chi connectivity index (χ3n) is 2.98. The summed E-state index contributed by atoms with van der Waals surface area (Å²) >= 11 is 0. The molecule has 3 heteroatoms. The van der Waals surface area contributed by atoms with Crippen LogP contribution in [0.4, 0.5) is 0 Å². The van der Waals surface area contributed by atoms with E-state index in [1.807, 2.05) is 19.9 Å². The van der Waals surface area contributed by atoms with Gasteiger partial charge in [-0.1, -0.05) is 12.1 Å². The van der Waals surface area contributed by atoms with Crippen molar-refractivity contribution >= 4 is 5.97 Å². The van der Waals surface area contributed by atoms with Crippen molar-refractivity contribution in [3.05, 3.63) is 34.4 Å². The van der Waals surface area contributed by atoms with Gasteiger partial charge in [-0.25, -0.2) is 0 Å². The van der Waals surface area contributed by atoms with E-state index in [0.717, 1.165) is 11.1 Å². The first-order valence-corrected chi connectivity index (χ1v) is 5.37. The fourth-order valence-electron chi connectivity index (χ4n) is 1.85. The second-order valence-corrected chi connectivity index (χ2v) is 4.10. The van der Waals surface area contributed by atoms with Crippen molar-refractivity contribution < 1.29 is 9.53 Å². The van der Waals surface area contributed by atoms with Crippen LogP contribution in [0.5, 0.6) is 0 Å². The highest BCUT2D eigenvalue weighted by Gasteiger charge is 2.21. The standard InChI is InChI=1S/C13H19NO2/c1-8-5-10(3)11(6-9(8)2)12(7-14)13(15)16-4/h5-6,12H,7,14H2,1-4H3. The average molecular weight is 221 g/mol. The maximum atomic E-state index is 11.6. The number of methoxy groups -OCH3 is 1. The van der Waals surface area contributed by atoms with Gasteiger partial charge in [-0.2, -0.15) is 0 Å². The minimum atomic E-state index is -0.357. The number of hydrogen-bond acceptors (Lipinski definition) is 3. The zero-order valence-electron chi connectivity index (χ0n) is 10.3. The summed E-state index contributed by atoms with van der Waals surface area (Å²) in [6.07, 6.45) is 0. The van der Waals surface area contributed by atoms with E-state index in [1.165, 1.54) is 18.2 Å². The molecule has 88 valence electrons. The number of carbonyl (C=O) groups is 1. The Labute approximate surface area is 96.6 Å². The van der Waals surface area contributed by atoms with Crippen LogP contribution in [0.1, 0.15) is 28.2 Å². The van der Waals surface area contributed by atoms with Gasteiger partial charge in [-0.15, -0.1) is 0 Å². The van der Waals surface area contributed by atoms with Crippen LogP contribution in [0.25, 0.3) is 0 Å². The molecule has 0 radical (unpaired) electrons. The molecular weight excluding hydrogens is 202 g/mol. The molecule has 1 aromatic rings. The van der Waals surface area contributed by atoms with Crippen LogP contribution in [0.3, 0.4) is 0 Å². The molecule has 1 aromatic carbocycles. The van der Waals surface area contributed by atoms with Crippen molar-refractivity contribution in [1.82, 2.24) is 0 Å². The SMILES string of the molecule is COC(=O)C(CN)c1cc(C)c(C)cc1C. The highest BCUT2D eigenvalue weighted by Crippen LogP contribution is 2.23. The lowest BCUT2D eigenvalue weighted by atomic mass is 9.91. The number of rotatable bonds is 3. The lowest BCUT2D eigenvalue weighted by Gasteiger charge is -2.17. The Morgan fingerprint density at radius 3 is 2.31 bits per heavy atom. The molecule has 0 aromatic heterocycles. The molecular formula is C13H19NO2. The molecule has 3 nitrogen and oxygen atoms in total. The molecule has 16 heavy (non-hydrogen) atoms. The van der Waals surface area contributed by atoms with Crippen LogP contribution in [0.15, 0.2) is 12.1 Å². The highest BCUT2D eigenvalue weighted by molar-refractivity contribution is 5.79. The summed E-state index contributed by atoms with van der Waals surface area (Å²) < 4.78 is 4.76. The first kappa shape index (κ1) is 12.7. The van der Waals surface area contributed by atoms with Crippen LogP contribution in [0, 0.1) is 20.8 Å². The van der Waals surface area contributed by atoms with E-state index < -0.39 is 0 Å². The molecule has 0 aliphatic heterocycles. The Morgan fingerprint density at radius 2 is 1.81 bits per heavy atom. The molecule has 1 rings (SSSR count). The fourth-order valence-corrected chi connectivity index (χ4v) is 1.85. The van der Waals surface area contributed by atoms with Gasteiger partial charge in [0.1, 0.15) is 0 Å². The zero-order valence-corrected chi connectivity index (χ0v) is 10.3. The van der Waals surface area contributed by atoms with Crippen molar-refractivity contribution in [2.75, 3.05) is 13.7 Å². The quantitative estimate of drug-likeness (QED) is 0.792. The van der Waals surface area contributed by atoms with Crippen molar-refractivity contribution in [3.63, 3.8) is 0 Å². The molecule has 1 unspecified atom stereocenters. The smallest absolute Gasteiger partial charge is 0.314 e. The summed E-state index contributed by atoms with van der Waals surface area (Å²) in [6.45, 7) is 6.36. The number of nitrogens with two attached hydrogens (primary N) is 1. The van der Waals surface area contributed by atoms with Gasteiger partial charge >= 0.3 is 5.97 Å². The van der Waals surface area contributed by atoms with Gasteiger partial charge in [0.2, 0.25) is 0 Å². The van der Waals surface area contributed by atoms with Crippen LogP contribution < -0.4 is 5.73 Å². The molecule has 0 bridgehead atoms. The van der Waals surface area contributed by atoms with Gasteiger partial charge in [-0.3, -0.25) is 4.79 Å². The summed E-state index contributed by atoms with van der Waals surface area (Å²) in [5.74, 6) is -0.627. The minimum absolute atomic E-state index is 0.270. The van der Waals surface area contributed by atoms with Crippen LogP contribution in [0.2, 0.25) is 0 Å². The number of ether oxygens (including phenoxy) is 1. The Hall–Kier alpha value is -1.35. The van der Waals surface area contributed by atoms with Crippen LogP contribution in [-0.2, 0) is 9.53 Å². The number of carbonyl (C=O) groups excluding carboxylic acids is 1. The van der Waals surface area contributed by atoms with E-state index in [0.29, 0.717) is 0 Å². The minimum Gasteiger partial charge on any atom is -0.469 e. The van der Waals surface area contributed by atoms with Gasteiger partial charge in [0.15, 0.2) is 0 Å². The fraction of sp³-hybridized carbons (Fsp3) is 0.462. The second kappa shape index (κ2) is 5.12. The summed E-state index contributed by atoms with van der Waals surface area (Å²) in [5, 5.41) is 0. The van der Waals surface area contributed by atoms with Crippen molar-refractivity contribution in [2.45, 2.75) is 26.7 Å². The Bertz CT molecular complexity index is 399. The molecule has 0 heterocycles. The van der Waals surface area contributed by atoms with E-state index in [1.54, 1.807) is 0 Å². The first-order valence-electron chi connectivity index (χ1n) is 5.37. The topological polar surface area (TPSA) is 52.3 Å². The predicted molar refractivity (Wildman–Crippen MR) is 64.5 cm³/mol. The van der Waals surface area contributed by atoms with Gasteiger partial charge < -0.3 is 10.5 Å². The number of benzene rings is 1. The van der Waals surface area contributed by atoms with Crippen molar-refractivity contribution in [1.29, 1.82) is 0 Å². The monoisotopic (exact) mass is 221 g/mol. The summed E-state index contributed by atoms with van der Waals surface area (Å²) in [7, 11) is 1.39. The van der Waals surface area contributed by atoms with E-state index in [-0.39, 0.29) is 18.4 Å². The second-order valence-electron chi connectivity index (χ2n) is 4.10. The summed E-state index contributed by atoms with van der Waals surface area (Å²) in [5.41, 5.74) is 10.1. The van der Waals surface area contributed by atoms with E-state index in [9.17, 15) is 4.79 Å². The molecule has 0 amide bonds. The van der Waals surface area contributed by atoms with E-state index >= 15 is 0 Å². The molecule has 0 aliphatic rings. The van der Waals surface area contributed by atoms with Crippen molar-refractivity contribution in [2.24, 2.45) is 5.73 Å². The van der Waals surface area contributed by atoms with Gasteiger partial charge in [0.25, 0.3) is 0 Å². The molecule has 0 saturated carbocycles.